The molecule has 1 aliphatic heterocycles. The van der Waals surface area contributed by atoms with E-state index >= 15 is 0 Å². The summed E-state index contributed by atoms with van der Waals surface area (Å²) in [6, 6.07) is 6.38. The minimum atomic E-state index is -0.416. The molecule has 0 radical (unpaired) electrons. The molecule has 2 aliphatic carbocycles. The number of hydrogen-bond donors (Lipinski definition) is 1. The smallest absolute Gasteiger partial charge is 0.338 e. The second kappa shape index (κ2) is 7.22. The van der Waals surface area contributed by atoms with Crippen molar-refractivity contribution in [3.63, 3.8) is 0 Å². The van der Waals surface area contributed by atoms with Crippen molar-refractivity contribution in [2.45, 2.75) is 19.8 Å². The van der Waals surface area contributed by atoms with Gasteiger partial charge in [0.25, 0.3) is 0 Å². The third-order valence-corrected chi connectivity index (χ3v) is 5.80. The van der Waals surface area contributed by atoms with Gasteiger partial charge in [-0.05, 0) is 49.4 Å². The van der Waals surface area contributed by atoms with Crippen molar-refractivity contribution in [3.8, 4) is 0 Å². The van der Waals surface area contributed by atoms with Gasteiger partial charge in [0.1, 0.15) is 0 Å². The molecule has 0 spiro atoms. The maximum Gasteiger partial charge on any atom is 0.338 e. The Balaban J connectivity index is 1.31. The molecular formula is C21H22N2O5. The lowest BCUT2D eigenvalue weighted by Gasteiger charge is -2.17. The molecule has 1 N–H and O–H groups in total. The van der Waals surface area contributed by atoms with Crippen LogP contribution >= 0.6 is 0 Å². The largest absolute Gasteiger partial charge is 0.462 e. The molecular weight excluding hydrogens is 360 g/mol. The van der Waals surface area contributed by atoms with Gasteiger partial charge in [-0.1, -0.05) is 12.2 Å². The van der Waals surface area contributed by atoms with Crippen molar-refractivity contribution < 1.29 is 23.9 Å². The third-order valence-electron chi connectivity index (χ3n) is 5.80. The van der Waals surface area contributed by atoms with Gasteiger partial charge in [-0.15, -0.1) is 0 Å². The number of ether oxygens (including phenoxy) is 1. The minimum Gasteiger partial charge on any atom is -0.462 e. The number of carbonyl (C=O) groups excluding carboxylic acids is 4. The number of allylic oxidation sites excluding steroid dienone is 2. The Hall–Kier alpha value is -2.96. The van der Waals surface area contributed by atoms with E-state index < -0.39 is 5.97 Å². The first-order chi connectivity index (χ1) is 13.5. The van der Waals surface area contributed by atoms with Crippen molar-refractivity contribution in [3.05, 3.63) is 42.0 Å². The van der Waals surface area contributed by atoms with Crippen LogP contribution in [0.5, 0.6) is 0 Å². The number of nitrogens with zero attached hydrogens (tertiary/aromatic N) is 1. The molecule has 1 heterocycles. The summed E-state index contributed by atoms with van der Waals surface area (Å²) in [7, 11) is 0. The van der Waals surface area contributed by atoms with Crippen LogP contribution in [0.15, 0.2) is 36.4 Å². The van der Waals surface area contributed by atoms with Gasteiger partial charge in [0.05, 0.1) is 24.0 Å². The average molecular weight is 382 g/mol. The zero-order valence-corrected chi connectivity index (χ0v) is 15.6. The lowest BCUT2D eigenvalue weighted by molar-refractivity contribution is -0.140. The lowest BCUT2D eigenvalue weighted by Crippen LogP contribution is -2.35. The Morgan fingerprint density at radius 1 is 1.07 bits per heavy atom. The Bertz CT molecular complexity index is 830. The molecule has 7 heteroatoms. The minimum absolute atomic E-state index is 0.0410. The summed E-state index contributed by atoms with van der Waals surface area (Å²) in [5, 5.41) is 2.72. The lowest BCUT2D eigenvalue weighted by atomic mass is 9.85. The molecule has 146 valence electrons. The van der Waals surface area contributed by atoms with E-state index in [2.05, 4.69) is 5.32 Å². The van der Waals surface area contributed by atoms with Gasteiger partial charge < -0.3 is 10.1 Å². The molecule has 1 saturated carbocycles. The average Bonchev–Trinajstić information content (AvgIpc) is 3.35. The molecule has 0 aromatic heterocycles. The normalized spacial score (nSPS) is 27.2. The molecule has 1 saturated heterocycles. The number of esters is 1. The molecule has 1 aromatic rings. The summed E-state index contributed by atoms with van der Waals surface area (Å²) < 4.78 is 4.92. The molecule has 4 atom stereocenters. The molecule has 28 heavy (non-hydrogen) atoms. The van der Waals surface area contributed by atoms with Crippen LogP contribution < -0.4 is 5.32 Å². The first-order valence-corrected chi connectivity index (χ1v) is 9.60. The van der Waals surface area contributed by atoms with Crippen LogP contribution in [0.4, 0.5) is 5.69 Å². The highest BCUT2D eigenvalue weighted by Crippen LogP contribution is 2.52. The van der Waals surface area contributed by atoms with E-state index in [1.54, 1.807) is 31.2 Å². The standard InChI is InChI=1S/C21H22N2O5/c1-2-28-21(27)12-5-7-15(8-6-12)22-16(24)9-10-23-19(25)17-13-3-4-14(11-13)18(17)20(23)26/h3-8,13-14,17-18H,2,9-11H2,1H3,(H,22,24). The number of amides is 3. The molecule has 3 aliphatic rings. The summed E-state index contributed by atoms with van der Waals surface area (Å²) >= 11 is 0. The summed E-state index contributed by atoms with van der Waals surface area (Å²) in [4.78, 5) is 50.3. The monoisotopic (exact) mass is 382 g/mol. The Labute approximate surface area is 162 Å². The Kier molecular flexibility index (Phi) is 4.75. The predicted octanol–water partition coefficient (Wildman–Crippen LogP) is 2.00. The zero-order chi connectivity index (χ0) is 19.8. The van der Waals surface area contributed by atoms with Crippen molar-refractivity contribution in [2.24, 2.45) is 23.7 Å². The maximum absolute atomic E-state index is 12.6. The first kappa shape index (κ1) is 18.4. The summed E-state index contributed by atoms with van der Waals surface area (Å²) in [5.74, 6) is -1.12. The van der Waals surface area contributed by atoms with Gasteiger partial charge in [0, 0.05) is 18.7 Å². The number of rotatable bonds is 6. The van der Waals surface area contributed by atoms with Gasteiger partial charge in [0.15, 0.2) is 0 Å². The molecule has 7 nitrogen and oxygen atoms in total. The van der Waals surface area contributed by atoms with Crippen LogP contribution in [0, 0.1) is 23.7 Å². The molecule has 2 bridgehead atoms. The number of nitrogens with one attached hydrogen (secondary N) is 1. The maximum atomic E-state index is 12.6. The summed E-state index contributed by atoms with van der Waals surface area (Å²) in [6.07, 6.45) is 5.03. The zero-order valence-electron chi connectivity index (χ0n) is 15.6. The second-order valence-electron chi connectivity index (χ2n) is 7.42. The fraction of sp³-hybridized carbons (Fsp3) is 0.429. The van der Waals surface area contributed by atoms with E-state index in [-0.39, 0.29) is 54.4 Å². The summed E-state index contributed by atoms with van der Waals surface area (Å²) in [6.45, 7) is 2.12. The van der Waals surface area contributed by atoms with Crippen molar-refractivity contribution in [1.82, 2.24) is 4.90 Å². The van der Waals surface area contributed by atoms with Gasteiger partial charge in [-0.2, -0.15) is 0 Å². The number of hydrogen-bond acceptors (Lipinski definition) is 5. The number of fused-ring (bicyclic) bond motifs is 5. The highest BCUT2D eigenvalue weighted by molar-refractivity contribution is 6.06. The van der Waals surface area contributed by atoms with Crippen molar-refractivity contribution >= 4 is 29.4 Å². The van der Waals surface area contributed by atoms with E-state index in [9.17, 15) is 19.2 Å². The molecule has 4 rings (SSSR count). The Morgan fingerprint density at radius 3 is 2.25 bits per heavy atom. The van der Waals surface area contributed by atoms with E-state index in [0.717, 1.165) is 6.42 Å². The number of carbonyl (C=O) groups is 4. The van der Waals surface area contributed by atoms with Crippen molar-refractivity contribution in [1.29, 1.82) is 0 Å². The van der Waals surface area contributed by atoms with Gasteiger partial charge in [0.2, 0.25) is 17.7 Å². The molecule has 1 aromatic carbocycles. The second-order valence-corrected chi connectivity index (χ2v) is 7.42. The van der Waals surface area contributed by atoms with E-state index in [4.69, 9.17) is 4.74 Å². The number of likely N-dealkylation sites (tertiary alicyclic amines) is 1. The van der Waals surface area contributed by atoms with Gasteiger partial charge in [-0.25, -0.2) is 4.79 Å². The van der Waals surface area contributed by atoms with E-state index in [1.165, 1.54) is 4.90 Å². The number of benzene rings is 1. The fourth-order valence-corrected chi connectivity index (χ4v) is 4.53. The van der Waals surface area contributed by atoms with E-state index in [1.807, 2.05) is 12.2 Å². The van der Waals surface area contributed by atoms with Crippen LogP contribution in [0.3, 0.4) is 0 Å². The number of imide groups is 1. The topological polar surface area (TPSA) is 92.8 Å². The molecule has 4 unspecified atom stereocenters. The van der Waals surface area contributed by atoms with Crippen LogP contribution in [-0.2, 0) is 19.1 Å². The highest BCUT2D eigenvalue weighted by Gasteiger charge is 2.58. The van der Waals surface area contributed by atoms with Gasteiger partial charge in [-0.3, -0.25) is 19.3 Å². The predicted molar refractivity (Wildman–Crippen MR) is 100 cm³/mol. The highest BCUT2D eigenvalue weighted by atomic mass is 16.5. The number of anilines is 1. The quantitative estimate of drug-likeness (QED) is 0.461. The van der Waals surface area contributed by atoms with Crippen LogP contribution in [0.25, 0.3) is 0 Å². The molecule has 3 amide bonds. The summed E-state index contributed by atoms with van der Waals surface area (Å²) in [5.41, 5.74) is 0.944. The molecule has 2 fully saturated rings. The fourth-order valence-electron chi connectivity index (χ4n) is 4.53. The SMILES string of the molecule is CCOC(=O)c1ccc(NC(=O)CCN2C(=O)C3C4C=CC(C4)C3C2=O)cc1. The van der Waals surface area contributed by atoms with Gasteiger partial charge >= 0.3 is 5.97 Å². The van der Waals surface area contributed by atoms with E-state index in [0.29, 0.717) is 17.9 Å². The Morgan fingerprint density at radius 2 is 1.68 bits per heavy atom. The first-order valence-electron chi connectivity index (χ1n) is 9.60. The van der Waals surface area contributed by atoms with Crippen LogP contribution in [0.1, 0.15) is 30.1 Å². The third kappa shape index (κ3) is 3.10. The van der Waals surface area contributed by atoms with Crippen LogP contribution in [-0.4, -0.2) is 41.7 Å². The van der Waals surface area contributed by atoms with Crippen LogP contribution in [0.2, 0.25) is 0 Å². The van der Waals surface area contributed by atoms with Crippen molar-refractivity contribution in [2.75, 3.05) is 18.5 Å².